The Hall–Kier alpha value is -1.84. The molecule has 1 saturated heterocycles. The monoisotopic (exact) mass is 257 g/mol. The van der Waals surface area contributed by atoms with Crippen LogP contribution in [0.5, 0.6) is 0 Å². The predicted octanol–water partition coefficient (Wildman–Crippen LogP) is 2.48. The van der Waals surface area contributed by atoms with E-state index in [1.807, 2.05) is 30.1 Å². The fourth-order valence-corrected chi connectivity index (χ4v) is 2.71. The number of hydrogen-bond donors (Lipinski definition) is 0. The van der Waals surface area contributed by atoms with Crippen LogP contribution in [-0.2, 0) is 18.4 Å². The number of amides is 1. The molecule has 0 radical (unpaired) electrons. The molecule has 1 aromatic heterocycles. The van der Waals surface area contributed by atoms with Crippen molar-refractivity contribution in [1.82, 2.24) is 14.5 Å². The Morgan fingerprint density at radius 3 is 2.89 bits per heavy atom. The lowest BCUT2D eigenvalue weighted by atomic mass is 10.2. The van der Waals surface area contributed by atoms with Crippen LogP contribution >= 0.6 is 0 Å². The van der Waals surface area contributed by atoms with Gasteiger partial charge in [0.15, 0.2) is 0 Å². The molecular formula is C15H19N3O. The first kappa shape index (κ1) is 12.2. The van der Waals surface area contributed by atoms with Crippen molar-refractivity contribution < 1.29 is 4.79 Å². The number of benzene rings is 1. The predicted molar refractivity (Wildman–Crippen MR) is 74.6 cm³/mol. The maximum atomic E-state index is 12.0. The number of fused-ring (bicyclic) bond motifs is 1. The Labute approximate surface area is 113 Å². The van der Waals surface area contributed by atoms with Crippen molar-refractivity contribution in [3.8, 4) is 0 Å². The quantitative estimate of drug-likeness (QED) is 0.829. The van der Waals surface area contributed by atoms with Crippen LogP contribution in [0.25, 0.3) is 11.0 Å². The van der Waals surface area contributed by atoms with Crippen LogP contribution in [0.15, 0.2) is 24.3 Å². The summed E-state index contributed by atoms with van der Waals surface area (Å²) in [6.07, 6.45) is 3.97. The number of carbonyl (C=O) groups is 1. The van der Waals surface area contributed by atoms with Gasteiger partial charge < -0.3 is 9.47 Å². The number of aromatic nitrogens is 2. The molecule has 0 bridgehead atoms. The van der Waals surface area contributed by atoms with E-state index in [0.717, 1.165) is 42.7 Å². The number of rotatable bonds is 2. The zero-order chi connectivity index (χ0) is 13.2. The number of aryl methyl sites for hydroxylation is 1. The third-order valence-electron chi connectivity index (χ3n) is 3.88. The van der Waals surface area contributed by atoms with E-state index in [-0.39, 0.29) is 5.91 Å². The summed E-state index contributed by atoms with van der Waals surface area (Å²) in [6.45, 7) is 1.49. The van der Waals surface area contributed by atoms with Gasteiger partial charge in [0.25, 0.3) is 0 Å². The molecule has 1 amide bonds. The molecule has 0 saturated carbocycles. The number of para-hydroxylation sites is 2. The van der Waals surface area contributed by atoms with E-state index in [4.69, 9.17) is 0 Å². The minimum absolute atomic E-state index is 0.268. The van der Waals surface area contributed by atoms with E-state index in [2.05, 4.69) is 15.6 Å². The van der Waals surface area contributed by atoms with Crippen LogP contribution in [0.3, 0.4) is 0 Å². The highest BCUT2D eigenvalue weighted by molar-refractivity contribution is 5.77. The van der Waals surface area contributed by atoms with Crippen LogP contribution < -0.4 is 0 Å². The van der Waals surface area contributed by atoms with Crippen LogP contribution in [-0.4, -0.2) is 26.9 Å². The van der Waals surface area contributed by atoms with Gasteiger partial charge in [-0.2, -0.15) is 0 Å². The molecule has 1 aliphatic heterocycles. The minimum Gasteiger partial charge on any atom is -0.335 e. The summed E-state index contributed by atoms with van der Waals surface area (Å²) in [5, 5.41) is 0. The molecule has 0 atom stereocenters. The van der Waals surface area contributed by atoms with E-state index in [9.17, 15) is 4.79 Å². The van der Waals surface area contributed by atoms with Gasteiger partial charge in [-0.3, -0.25) is 4.79 Å². The van der Waals surface area contributed by atoms with Crippen LogP contribution in [0.1, 0.15) is 31.5 Å². The summed E-state index contributed by atoms with van der Waals surface area (Å²) in [5.74, 6) is 1.24. The maximum absolute atomic E-state index is 12.0. The fourth-order valence-electron chi connectivity index (χ4n) is 2.71. The van der Waals surface area contributed by atoms with E-state index >= 15 is 0 Å². The minimum atomic E-state index is 0.268. The van der Waals surface area contributed by atoms with Crippen LogP contribution in [0, 0.1) is 0 Å². The van der Waals surface area contributed by atoms with Gasteiger partial charge in [-0.05, 0) is 25.0 Å². The Bertz CT molecular complexity index is 602. The van der Waals surface area contributed by atoms with Crippen molar-refractivity contribution in [3.63, 3.8) is 0 Å². The van der Waals surface area contributed by atoms with Crippen molar-refractivity contribution in [2.45, 2.75) is 32.2 Å². The lowest BCUT2D eigenvalue weighted by molar-refractivity contribution is -0.131. The van der Waals surface area contributed by atoms with Gasteiger partial charge in [-0.1, -0.05) is 18.6 Å². The molecule has 1 aromatic carbocycles. The highest BCUT2D eigenvalue weighted by Gasteiger charge is 2.19. The first-order chi connectivity index (χ1) is 9.25. The Morgan fingerprint density at radius 1 is 1.21 bits per heavy atom. The number of hydrogen-bond acceptors (Lipinski definition) is 2. The van der Waals surface area contributed by atoms with Crippen LogP contribution in [0.2, 0.25) is 0 Å². The van der Waals surface area contributed by atoms with Crippen molar-refractivity contribution in [1.29, 1.82) is 0 Å². The smallest absolute Gasteiger partial charge is 0.222 e. The van der Waals surface area contributed by atoms with Gasteiger partial charge in [0.05, 0.1) is 17.6 Å². The second-order valence-corrected chi connectivity index (χ2v) is 5.20. The van der Waals surface area contributed by atoms with E-state index in [1.54, 1.807) is 0 Å². The average molecular weight is 257 g/mol. The van der Waals surface area contributed by atoms with Crippen molar-refractivity contribution in [3.05, 3.63) is 30.1 Å². The molecule has 1 fully saturated rings. The summed E-state index contributed by atoms with van der Waals surface area (Å²) < 4.78 is 2.09. The first-order valence-corrected chi connectivity index (χ1v) is 6.94. The zero-order valence-corrected chi connectivity index (χ0v) is 11.3. The van der Waals surface area contributed by atoms with E-state index in [0.29, 0.717) is 13.0 Å². The summed E-state index contributed by atoms with van der Waals surface area (Å²) >= 11 is 0. The summed E-state index contributed by atoms with van der Waals surface area (Å²) in [6, 6.07) is 8.10. The fraction of sp³-hybridized carbons (Fsp3) is 0.467. The molecule has 0 spiro atoms. The molecule has 4 nitrogen and oxygen atoms in total. The SMILES string of the molecule is Cn1c(CN2CCCCCC2=O)nc2ccccc21. The largest absolute Gasteiger partial charge is 0.335 e. The summed E-state index contributed by atoms with van der Waals surface area (Å²) in [5.41, 5.74) is 2.13. The lowest BCUT2D eigenvalue weighted by Gasteiger charge is -2.19. The van der Waals surface area contributed by atoms with Gasteiger partial charge in [0.1, 0.15) is 5.82 Å². The molecule has 100 valence electrons. The molecule has 19 heavy (non-hydrogen) atoms. The Morgan fingerprint density at radius 2 is 2.05 bits per heavy atom. The average Bonchev–Trinajstić information content (AvgIpc) is 2.59. The van der Waals surface area contributed by atoms with Gasteiger partial charge in [0, 0.05) is 20.0 Å². The molecule has 1 aliphatic rings. The number of carbonyl (C=O) groups excluding carboxylic acids is 1. The normalized spacial score (nSPS) is 16.9. The van der Waals surface area contributed by atoms with Gasteiger partial charge >= 0.3 is 0 Å². The van der Waals surface area contributed by atoms with Crippen molar-refractivity contribution >= 4 is 16.9 Å². The molecule has 4 heteroatoms. The van der Waals surface area contributed by atoms with Crippen molar-refractivity contribution in [2.24, 2.45) is 7.05 Å². The topological polar surface area (TPSA) is 38.1 Å². The van der Waals surface area contributed by atoms with Gasteiger partial charge in [-0.25, -0.2) is 4.98 Å². The standard InChI is InChI=1S/C15H19N3O/c1-17-13-8-5-4-7-12(13)16-14(17)11-18-10-6-2-3-9-15(18)19/h4-5,7-8H,2-3,6,9-11H2,1H3. The highest BCUT2D eigenvalue weighted by Crippen LogP contribution is 2.18. The molecule has 2 heterocycles. The van der Waals surface area contributed by atoms with E-state index < -0.39 is 0 Å². The highest BCUT2D eigenvalue weighted by atomic mass is 16.2. The molecule has 3 rings (SSSR count). The lowest BCUT2D eigenvalue weighted by Crippen LogP contribution is -2.30. The number of likely N-dealkylation sites (tertiary alicyclic amines) is 1. The van der Waals surface area contributed by atoms with Crippen LogP contribution in [0.4, 0.5) is 0 Å². The second kappa shape index (κ2) is 5.03. The maximum Gasteiger partial charge on any atom is 0.222 e. The number of imidazole rings is 1. The zero-order valence-electron chi connectivity index (χ0n) is 11.3. The second-order valence-electron chi connectivity index (χ2n) is 5.20. The molecule has 0 unspecified atom stereocenters. The third-order valence-corrected chi connectivity index (χ3v) is 3.88. The first-order valence-electron chi connectivity index (χ1n) is 6.94. The Balaban J connectivity index is 1.88. The van der Waals surface area contributed by atoms with Gasteiger partial charge in [0.2, 0.25) is 5.91 Å². The Kier molecular flexibility index (Phi) is 3.23. The summed E-state index contributed by atoms with van der Waals surface area (Å²) in [4.78, 5) is 18.6. The third kappa shape index (κ3) is 2.35. The molecule has 0 aliphatic carbocycles. The summed E-state index contributed by atoms with van der Waals surface area (Å²) in [7, 11) is 2.02. The molecule has 2 aromatic rings. The van der Waals surface area contributed by atoms with Crippen molar-refractivity contribution in [2.75, 3.05) is 6.54 Å². The van der Waals surface area contributed by atoms with E-state index in [1.165, 1.54) is 0 Å². The van der Waals surface area contributed by atoms with Gasteiger partial charge in [-0.15, -0.1) is 0 Å². The number of nitrogens with zero attached hydrogens (tertiary/aromatic N) is 3. The molecular weight excluding hydrogens is 238 g/mol. The molecule has 0 N–H and O–H groups in total.